The van der Waals surface area contributed by atoms with E-state index in [-0.39, 0.29) is 12.5 Å². The number of ether oxygens (including phenoxy) is 1. The second kappa shape index (κ2) is 7.28. The fraction of sp³-hybridized carbons (Fsp3) is 0.529. The molecule has 5 heteroatoms. The van der Waals surface area contributed by atoms with Gasteiger partial charge in [-0.05, 0) is 44.9 Å². The van der Waals surface area contributed by atoms with Crippen molar-refractivity contribution in [3.05, 3.63) is 30.3 Å². The summed E-state index contributed by atoms with van der Waals surface area (Å²) < 4.78 is 5.60. The third-order valence-electron chi connectivity index (χ3n) is 3.92. The Kier molecular flexibility index (Phi) is 5.40. The average molecular weight is 301 g/mol. The predicted molar refractivity (Wildman–Crippen MR) is 84.3 cm³/mol. The predicted octanol–water partition coefficient (Wildman–Crippen LogP) is 1.81. The van der Waals surface area contributed by atoms with E-state index in [0.29, 0.717) is 19.1 Å². The zero-order valence-electron chi connectivity index (χ0n) is 13.2. The third kappa shape index (κ3) is 4.74. The number of amides is 1. The Labute approximate surface area is 131 Å². The lowest BCUT2D eigenvalue weighted by Gasteiger charge is -2.24. The van der Waals surface area contributed by atoms with Crippen molar-refractivity contribution in [1.29, 1.82) is 5.26 Å². The fourth-order valence-electron chi connectivity index (χ4n) is 2.37. The molecule has 0 aliphatic heterocycles. The minimum Gasteiger partial charge on any atom is -0.492 e. The zero-order valence-corrected chi connectivity index (χ0v) is 13.2. The molecule has 0 aromatic heterocycles. The van der Waals surface area contributed by atoms with E-state index in [0.717, 1.165) is 18.6 Å². The molecule has 1 atom stereocenters. The molecule has 0 bridgehead atoms. The highest BCUT2D eigenvalue weighted by Crippen LogP contribution is 2.39. The maximum atomic E-state index is 12.0. The highest BCUT2D eigenvalue weighted by Gasteiger charge is 2.42. The highest BCUT2D eigenvalue weighted by atomic mass is 16.5. The Morgan fingerprint density at radius 1 is 1.45 bits per heavy atom. The summed E-state index contributed by atoms with van der Waals surface area (Å²) in [6.07, 6.45) is 2.04. The number of para-hydroxylation sites is 1. The lowest BCUT2D eigenvalue weighted by molar-refractivity contribution is -0.123. The van der Waals surface area contributed by atoms with Crippen molar-refractivity contribution >= 4 is 5.91 Å². The monoisotopic (exact) mass is 301 g/mol. The molecule has 2 rings (SSSR count). The molecule has 0 spiro atoms. The van der Waals surface area contributed by atoms with Gasteiger partial charge in [0.1, 0.15) is 17.9 Å². The number of nitriles is 1. The molecule has 1 aliphatic rings. The zero-order chi connectivity index (χ0) is 16.0. The van der Waals surface area contributed by atoms with Crippen LogP contribution in [0.15, 0.2) is 30.3 Å². The molecule has 0 heterocycles. The summed E-state index contributed by atoms with van der Waals surface area (Å²) in [6, 6.07) is 11.8. The minimum atomic E-state index is -0.724. The number of likely N-dealkylation sites (N-methyl/N-ethyl adjacent to an activating group) is 1. The molecular formula is C17H23N3O2. The van der Waals surface area contributed by atoms with Crippen LogP contribution in [-0.4, -0.2) is 43.1 Å². The van der Waals surface area contributed by atoms with Crippen molar-refractivity contribution in [2.45, 2.75) is 25.3 Å². The SMILES string of the molecule is CN(CCOc1ccccc1)CC(=O)NC(C)(C#N)C1CC1. The van der Waals surface area contributed by atoms with Crippen LogP contribution in [0.5, 0.6) is 5.75 Å². The minimum absolute atomic E-state index is 0.113. The molecule has 1 saturated carbocycles. The van der Waals surface area contributed by atoms with E-state index in [2.05, 4.69) is 11.4 Å². The van der Waals surface area contributed by atoms with Crippen LogP contribution < -0.4 is 10.1 Å². The number of nitrogens with zero attached hydrogens (tertiary/aromatic N) is 2. The van der Waals surface area contributed by atoms with E-state index >= 15 is 0 Å². The second-order valence-corrected chi connectivity index (χ2v) is 6.04. The summed E-state index contributed by atoms with van der Waals surface area (Å²) in [4.78, 5) is 13.9. The van der Waals surface area contributed by atoms with Gasteiger partial charge in [0.2, 0.25) is 5.91 Å². The van der Waals surface area contributed by atoms with Gasteiger partial charge in [0.05, 0.1) is 12.6 Å². The van der Waals surface area contributed by atoms with E-state index in [1.165, 1.54) is 0 Å². The molecule has 22 heavy (non-hydrogen) atoms. The summed E-state index contributed by atoms with van der Waals surface area (Å²) >= 11 is 0. The topological polar surface area (TPSA) is 65.4 Å². The van der Waals surface area contributed by atoms with Crippen molar-refractivity contribution in [3.8, 4) is 11.8 Å². The van der Waals surface area contributed by atoms with E-state index < -0.39 is 5.54 Å². The number of hydrogen-bond acceptors (Lipinski definition) is 4. The van der Waals surface area contributed by atoms with Crippen LogP contribution in [0.3, 0.4) is 0 Å². The van der Waals surface area contributed by atoms with Gasteiger partial charge in [0.25, 0.3) is 0 Å². The highest BCUT2D eigenvalue weighted by molar-refractivity contribution is 5.79. The van der Waals surface area contributed by atoms with Crippen LogP contribution in [0.1, 0.15) is 19.8 Å². The molecule has 1 amide bonds. The molecule has 0 radical (unpaired) electrons. The average Bonchev–Trinajstić information content (AvgIpc) is 3.33. The van der Waals surface area contributed by atoms with Gasteiger partial charge in [-0.1, -0.05) is 18.2 Å². The number of rotatable bonds is 8. The van der Waals surface area contributed by atoms with Gasteiger partial charge in [0.15, 0.2) is 0 Å². The van der Waals surface area contributed by atoms with Gasteiger partial charge in [-0.15, -0.1) is 0 Å². The largest absolute Gasteiger partial charge is 0.492 e. The quantitative estimate of drug-likeness (QED) is 0.795. The number of carbonyl (C=O) groups is 1. The lowest BCUT2D eigenvalue weighted by atomic mass is 9.98. The van der Waals surface area contributed by atoms with Crippen LogP contribution >= 0.6 is 0 Å². The van der Waals surface area contributed by atoms with Crippen LogP contribution in [0.2, 0.25) is 0 Å². The third-order valence-corrected chi connectivity index (χ3v) is 3.92. The first-order chi connectivity index (χ1) is 10.5. The molecule has 0 saturated heterocycles. The van der Waals surface area contributed by atoms with E-state index in [9.17, 15) is 10.1 Å². The van der Waals surface area contributed by atoms with E-state index in [1.54, 1.807) is 6.92 Å². The first-order valence-electron chi connectivity index (χ1n) is 7.62. The van der Waals surface area contributed by atoms with Crippen molar-refractivity contribution in [3.63, 3.8) is 0 Å². The molecule has 1 aliphatic carbocycles. The van der Waals surface area contributed by atoms with Gasteiger partial charge < -0.3 is 10.1 Å². The molecule has 1 aromatic rings. The van der Waals surface area contributed by atoms with Crippen molar-refractivity contribution in [2.75, 3.05) is 26.7 Å². The molecular weight excluding hydrogens is 278 g/mol. The Morgan fingerprint density at radius 2 is 2.14 bits per heavy atom. The van der Waals surface area contributed by atoms with E-state index in [1.807, 2.05) is 42.3 Å². The van der Waals surface area contributed by atoms with Crippen molar-refractivity contribution in [2.24, 2.45) is 5.92 Å². The second-order valence-electron chi connectivity index (χ2n) is 6.04. The van der Waals surface area contributed by atoms with Crippen molar-refractivity contribution < 1.29 is 9.53 Å². The first kappa shape index (κ1) is 16.3. The number of benzene rings is 1. The first-order valence-corrected chi connectivity index (χ1v) is 7.62. The van der Waals surface area contributed by atoms with Crippen LogP contribution in [0.25, 0.3) is 0 Å². The number of nitrogens with one attached hydrogen (secondary N) is 1. The molecule has 5 nitrogen and oxygen atoms in total. The maximum absolute atomic E-state index is 12.0. The lowest BCUT2D eigenvalue weighted by Crippen LogP contribution is -2.50. The summed E-state index contributed by atoms with van der Waals surface area (Å²) in [5.74, 6) is 1.01. The molecule has 1 aromatic carbocycles. The van der Waals surface area contributed by atoms with Gasteiger partial charge >= 0.3 is 0 Å². The summed E-state index contributed by atoms with van der Waals surface area (Å²) in [7, 11) is 1.87. The molecule has 1 fully saturated rings. The Hall–Kier alpha value is -2.06. The Balaban J connectivity index is 1.69. The van der Waals surface area contributed by atoms with Crippen LogP contribution in [0, 0.1) is 17.2 Å². The van der Waals surface area contributed by atoms with Gasteiger partial charge in [-0.2, -0.15) is 5.26 Å². The summed E-state index contributed by atoms with van der Waals surface area (Å²) in [5, 5.41) is 12.1. The summed E-state index contributed by atoms with van der Waals surface area (Å²) in [6.45, 7) is 3.24. The molecule has 1 N–H and O–H groups in total. The normalized spacial score (nSPS) is 16.6. The Morgan fingerprint density at radius 3 is 2.73 bits per heavy atom. The van der Waals surface area contributed by atoms with Crippen LogP contribution in [0.4, 0.5) is 0 Å². The number of carbonyl (C=O) groups excluding carboxylic acids is 1. The Bertz CT molecular complexity index is 537. The number of hydrogen-bond donors (Lipinski definition) is 1. The summed E-state index contributed by atoms with van der Waals surface area (Å²) in [5.41, 5.74) is -0.724. The van der Waals surface area contributed by atoms with Crippen LogP contribution in [-0.2, 0) is 4.79 Å². The maximum Gasteiger partial charge on any atom is 0.235 e. The standard InChI is InChI=1S/C17H23N3O2/c1-17(13-18,14-8-9-14)19-16(21)12-20(2)10-11-22-15-6-4-3-5-7-15/h3-7,14H,8-12H2,1-2H3,(H,19,21). The van der Waals surface area contributed by atoms with Crippen molar-refractivity contribution in [1.82, 2.24) is 10.2 Å². The fourth-order valence-corrected chi connectivity index (χ4v) is 2.37. The molecule has 118 valence electrons. The van der Waals surface area contributed by atoms with E-state index in [4.69, 9.17) is 4.74 Å². The van der Waals surface area contributed by atoms with Gasteiger partial charge in [-0.3, -0.25) is 9.69 Å². The van der Waals surface area contributed by atoms with Gasteiger partial charge in [-0.25, -0.2) is 0 Å². The molecule has 1 unspecified atom stereocenters. The van der Waals surface area contributed by atoms with Gasteiger partial charge in [0, 0.05) is 6.54 Å². The smallest absolute Gasteiger partial charge is 0.235 e.